The first-order valence-corrected chi connectivity index (χ1v) is 12.1. The lowest BCUT2D eigenvalue weighted by Gasteiger charge is -2.31. The second kappa shape index (κ2) is 11.2. The molecule has 176 valence electrons. The van der Waals surface area contributed by atoms with Crippen molar-refractivity contribution >= 4 is 23.3 Å². The van der Waals surface area contributed by atoms with Crippen LogP contribution < -0.4 is 21.7 Å². The van der Waals surface area contributed by atoms with Gasteiger partial charge < -0.3 is 26.6 Å². The van der Waals surface area contributed by atoms with Crippen LogP contribution in [0.5, 0.6) is 0 Å². The van der Waals surface area contributed by atoms with Gasteiger partial charge in [0.15, 0.2) is 0 Å². The first-order chi connectivity index (χ1) is 16.1. The van der Waals surface area contributed by atoms with E-state index in [0.29, 0.717) is 35.4 Å². The Morgan fingerprint density at radius 3 is 2.36 bits per heavy atom. The molecule has 2 aromatic rings. The van der Waals surface area contributed by atoms with E-state index in [9.17, 15) is 9.59 Å². The fraction of sp³-hybridized carbons (Fsp3) is 0.462. The lowest BCUT2D eigenvalue weighted by atomic mass is 9.97. The van der Waals surface area contributed by atoms with E-state index in [1.165, 1.54) is 12.8 Å². The summed E-state index contributed by atoms with van der Waals surface area (Å²) >= 11 is 0. The molecule has 1 aliphatic heterocycles. The van der Waals surface area contributed by atoms with Gasteiger partial charge in [0.1, 0.15) is 0 Å². The van der Waals surface area contributed by atoms with Crippen molar-refractivity contribution in [1.82, 2.24) is 15.5 Å². The van der Waals surface area contributed by atoms with Crippen LogP contribution in [0.25, 0.3) is 0 Å². The van der Waals surface area contributed by atoms with Crippen LogP contribution in [0.2, 0.25) is 0 Å². The molecule has 7 heteroatoms. The predicted molar refractivity (Wildman–Crippen MR) is 132 cm³/mol. The lowest BCUT2D eigenvalue weighted by Crippen LogP contribution is -2.46. The molecule has 2 aromatic carbocycles. The average Bonchev–Trinajstić information content (AvgIpc) is 3.34. The second-order valence-corrected chi connectivity index (χ2v) is 9.24. The Hall–Kier alpha value is -3.06. The van der Waals surface area contributed by atoms with Gasteiger partial charge in [-0.2, -0.15) is 0 Å². The number of hydrogen-bond acceptors (Lipinski definition) is 4. The molecule has 0 spiro atoms. The van der Waals surface area contributed by atoms with Crippen LogP contribution in [0, 0.1) is 5.92 Å². The number of rotatable bonds is 7. The zero-order valence-electron chi connectivity index (χ0n) is 19.2. The number of para-hydroxylation sites is 2. The van der Waals surface area contributed by atoms with Crippen LogP contribution in [-0.2, 0) is 6.54 Å². The molecule has 3 amide bonds. The molecule has 0 radical (unpaired) electrons. The number of carbonyl (C=O) groups is 2. The van der Waals surface area contributed by atoms with E-state index in [2.05, 4.69) is 16.0 Å². The molecule has 0 atom stereocenters. The zero-order chi connectivity index (χ0) is 23.0. The number of nitrogens with zero attached hydrogens (tertiary/aromatic N) is 1. The minimum absolute atomic E-state index is 0.0294. The predicted octanol–water partition coefficient (Wildman–Crippen LogP) is 3.97. The number of carbonyl (C=O) groups excluding carboxylic acids is 2. The quantitative estimate of drug-likeness (QED) is 0.481. The molecule has 1 saturated carbocycles. The van der Waals surface area contributed by atoms with Crippen LogP contribution in [0.1, 0.15) is 54.4 Å². The van der Waals surface area contributed by atoms with Gasteiger partial charge in [0.25, 0.3) is 5.91 Å². The summed E-state index contributed by atoms with van der Waals surface area (Å²) in [7, 11) is 0. The summed E-state index contributed by atoms with van der Waals surface area (Å²) in [4.78, 5) is 27.7. The highest BCUT2D eigenvalue weighted by Crippen LogP contribution is 2.21. The van der Waals surface area contributed by atoms with Gasteiger partial charge in [0.2, 0.25) is 0 Å². The third kappa shape index (κ3) is 6.48. The first-order valence-electron chi connectivity index (χ1n) is 12.1. The van der Waals surface area contributed by atoms with Gasteiger partial charge in [-0.3, -0.25) is 4.79 Å². The van der Waals surface area contributed by atoms with Crippen molar-refractivity contribution < 1.29 is 9.59 Å². The molecule has 4 rings (SSSR count). The Bertz CT molecular complexity index is 934. The van der Waals surface area contributed by atoms with E-state index >= 15 is 0 Å². The number of nitrogens with one attached hydrogen (secondary N) is 3. The van der Waals surface area contributed by atoms with Gasteiger partial charge in [0.05, 0.1) is 11.4 Å². The van der Waals surface area contributed by atoms with Gasteiger partial charge in [-0.25, -0.2) is 4.79 Å². The van der Waals surface area contributed by atoms with Crippen molar-refractivity contribution in [1.29, 1.82) is 0 Å². The van der Waals surface area contributed by atoms with Crippen LogP contribution in [0.15, 0.2) is 48.5 Å². The highest BCUT2D eigenvalue weighted by molar-refractivity contribution is 6.05. The number of benzene rings is 2. The Morgan fingerprint density at radius 1 is 0.970 bits per heavy atom. The summed E-state index contributed by atoms with van der Waals surface area (Å²) in [6.45, 7) is 3.32. The zero-order valence-corrected chi connectivity index (χ0v) is 19.2. The van der Waals surface area contributed by atoms with Gasteiger partial charge in [0, 0.05) is 24.7 Å². The number of hydrogen-bond donors (Lipinski definition) is 4. The second-order valence-electron chi connectivity index (χ2n) is 9.24. The third-order valence-corrected chi connectivity index (χ3v) is 6.71. The molecule has 0 unspecified atom stereocenters. The van der Waals surface area contributed by atoms with Gasteiger partial charge in [-0.1, -0.05) is 37.1 Å². The Morgan fingerprint density at radius 2 is 1.67 bits per heavy atom. The van der Waals surface area contributed by atoms with Gasteiger partial charge in [-0.15, -0.1) is 0 Å². The van der Waals surface area contributed by atoms with E-state index in [0.717, 1.165) is 50.9 Å². The molecule has 1 saturated heterocycles. The molecule has 7 nitrogen and oxygen atoms in total. The molecule has 2 fully saturated rings. The minimum Gasteiger partial charge on any atom is -0.397 e. The number of anilines is 2. The average molecular weight is 450 g/mol. The lowest BCUT2D eigenvalue weighted by molar-refractivity contribution is 0.102. The van der Waals surface area contributed by atoms with Crippen molar-refractivity contribution in [2.45, 2.75) is 51.1 Å². The molecule has 0 bridgehead atoms. The Labute approximate surface area is 196 Å². The fourth-order valence-corrected chi connectivity index (χ4v) is 4.72. The van der Waals surface area contributed by atoms with Gasteiger partial charge in [-0.05, 0) is 74.5 Å². The van der Waals surface area contributed by atoms with E-state index in [4.69, 9.17) is 5.73 Å². The van der Waals surface area contributed by atoms with Crippen molar-refractivity contribution in [3.63, 3.8) is 0 Å². The first kappa shape index (κ1) is 23.1. The maximum absolute atomic E-state index is 13.1. The van der Waals surface area contributed by atoms with E-state index in [-0.39, 0.29) is 11.9 Å². The summed E-state index contributed by atoms with van der Waals surface area (Å²) in [5.74, 6) is 0.312. The molecule has 33 heavy (non-hydrogen) atoms. The molecular formula is C26H35N5O2. The summed E-state index contributed by atoms with van der Waals surface area (Å²) in [5.41, 5.74) is 8.63. The highest BCUT2D eigenvalue weighted by atomic mass is 16.2. The standard InChI is InChI=1S/C26H35N5O2/c27-23-7-3-4-8-24(23)30-25(32)21-11-9-19(10-12-21)17-31(18-20-13-15-28-16-14-20)26(33)29-22-5-1-2-6-22/h3-4,7-12,20,22,28H,1-2,5-6,13-18,27H2,(H,29,33)(H,30,32). The molecule has 1 aliphatic carbocycles. The SMILES string of the molecule is Nc1ccccc1NC(=O)c1ccc(CN(CC2CCNCC2)C(=O)NC2CCCC2)cc1. The largest absolute Gasteiger partial charge is 0.397 e. The molecule has 2 aliphatic rings. The maximum Gasteiger partial charge on any atom is 0.317 e. The molecular weight excluding hydrogens is 414 g/mol. The van der Waals surface area contributed by atoms with Crippen molar-refractivity contribution in [2.75, 3.05) is 30.7 Å². The monoisotopic (exact) mass is 449 g/mol. The van der Waals surface area contributed by atoms with Gasteiger partial charge >= 0.3 is 6.03 Å². The van der Waals surface area contributed by atoms with Crippen molar-refractivity contribution in [3.8, 4) is 0 Å². The maximum atomic E-state index is 13.1. The molecule has 0 aromatic heterocycles. The van der Waals surface area contributed by atoms with E-state index in [1.54, 1.807) is 24.3 Å². The van der Waals surface area contributed by atoms with E-state index in [1.807, 2.05) is 29.2 Å². The van der Waals surface area contributed by atoms with Crippen molar-refractivity contribution in [3.05, 3.63) is 59.7 Å². The number of urea groups is 1. The smallest absolute Gasteiger partial charge is 0.317 e. The Balaban J connectivity index is 1.40. The summed E-state index contributed by atoms with van der Waals surface area (Å²) in [5, 5.41) is 9.50. The fourth-order valence-electron chi connectivity index (χ4n) is 4.72. The molecule has 5 N–H and O–H groups in total. The third-order valence-electron chi connectivity index (χ3n) is 6.71. The Kier molecular flexibility index (Phi) is 7.83. The summed E-state index contributed by atoms with van der Waals surface area (Å²) in [6.07, 6.45) is 6.71. The highest BCUT2D eigenvalue weighted by Gasteiger charge is 2.24. The van der Waals surface area contributed by atoms with Crippen LogP contribution in [0.4, 0.5) is 16.2 Å². The van der Waals surface area contributed by atoms with E-state index < -0.39 is 0 Å². The number of piperidine rings is 1. The van der Waals surface area contributed by atoms with Crippen molar-refractivity contribution in [2.24, 2.45) is 5.92 Å². The summed E-state index contributed by atoms with van der Waals surface area (Å²) in [6, 6.07) is 15.0. The topological polar surface area (TPSA) is 99.5 Å². The number of nitrogens with two attached hydrogens (primary N) is 1. The normalized spacial score (nSPS) is 17.0. The summed E-state index contributed by atoms with van der Waals surface area (Å²) < 4.78 is 0. The molecule has 1 heterocycles. The number of nitrogen functional groups attached to an aromatic ring is 1. The minimum atomic E-state index is -0.204. The van der Waals surface area contributed by atoms with Crippen LogP contribution >= 0.6 is 0 Å². The number of amides is 3. The van der Waals surface area contributed by atoms with Crippen LogP contribution in [-0.4, -0.2) is 42.5 Å². The van der Waals surface area contributed by atoms with Crippen LogP contribution in [0.3, 0.4) is 0 Å².